The number of anilines is 4. The zero-order valence-electron chi connectivity index (χ0n) is 45.5. The van der Waals surface area contributed by atoms with Gasteiger partial charge in [0, 0.05) is 156 Å². The lowest BCUT2D eigenvalue weighted by molar-refractivity contribution is -0.119. The number of hydrogen-bond acceptors (Lipinski definition) is 15. The van der Waals surface area contributed by atoms with Crippen molar-refractivity contribution < 1.29 is 35.9 Å². The maximum atomic E-state index is 13.2. The molecule has 0 radical (unpaired) electrons. The standard InChI is InChI=1S/C29H36N4O4S.C20H26N4O.C9H11ClO3S/c1-22-19-28(37-4)20-23(2)29(22)38(35,36)31(3)14-11-27(34)21-24-5-7-25(8-6-24)32-15-17-33(18-16-32)26-9-12-30-13-10-26;1-21-9-8-20(25)16-17-2-4-18(5-3-17)23-12-14-24(15-13-23)19-6-10-22-11-7-19;1-6-4-8(13-3)5-7(2)9(6)14(10,11)12/h5-10,12-13,19-20H,11,14-18,21H2,1-4H3;2-7,10-11,21H,8-9,12-16H2,1H3;4-5H,1-3H3. The van der Waals surface area contributed by atoms with Gasteiger partial charge in [0.05, 0.1) is 24.0 Å². The molecule has 0 saturated carbocycles. The number of pyridine rings is 2. The predicted molar refractivity (Wildman–Crippen MR) is 309 cm³/mol. The van der Waals surface area contributed by atoms with E-state index in [9.17, 15) is 26.4 Å². The normalized spacial score (nSPS) is 13.8. The fraction of sp³-hybridized carbons (Fsp3) is 0.379. The highest BCUT2D eigenvalue weighted by molar-refractivity contribution is 8.13. The van der Waals surface area contributed by atoms with Gasteiger partial charge in [-0.25, -0.2) is 21.1 Å². The van der Waals surface area contributed by atoms with Crippen LogP contribution >= 0.6 is 10.7 Å². The Labute approximate surface area is 460 Å². The molecular weight excluding hydrogens is 1040 g/mol. The first kappa shape index (κ1) is 59.7. The number of methoxy groups -OCH3 is 2. The molecule has 2 aliphatic heterocycles. The summed E-state index contributed by atoms with van der Waals surface area (Å²) in [7, 11) is 4.38. The van der Waals surface area contributed by atoms with Gasteiger partial charge >= 0.3 is 0 Å². The van der Waals surface area contributed by atoms with Crippen LogP contribution in [0.4, 0.5) is 22.7 Å². The number of carbonyl (C=O) groups excluding carboxylic acids is 2. The van der Waals surface area contributed by atoms with Gasteiger partial charge in [0.1, 0.15) is 23.1 Å². The minimum atomic E-state index is -3.72. The molecule has 2 aliphatic rings. The number of ketones is 2. The molecule has 6 aromatic rings. The van der Waals surface area contributed by atoms with Crippen molar-refractivity contribution in [3.8, 4) is 11.5 Å². The van der Waals surface area contributed by atoms with Crippen LogP contribution in [0.3, 0.4) is 0 Å². The molecule has 0 bridgehead atoms. The molecule has 8 rings (SSSR count). The van der Waals surface area contributed by atoms with Gasteiger partial charge in [-0.05, 0) is 141 Å². The highest BCUT2D eigenvalue weighted by Gasteiger charge is 2.26. The number of sulfonamides is 1. The van der Waals surface area contributed by atoms with E-state index in [4.69, 9.17) is 20.2 Å². The molecule has 0 amide bonds. The summed E-state index contributed by atoms with van der Waals surface area (Å²) in [4.78, 5) is 42.7. The summed E-state index contributed by atoms with van der Waals surface area (Å²) in [5.74, 6) is 1.54. The van der Waals surface area contributed by atoms with Crippen LogP contribution < -0.4 is 34.4 Å². The van der Waals surface area contributed by atoms with Crippen molar-refractivity contribution in [1.82, 2.24) is 19.6 Å². The Morgan fingerprint density at radius 2 is 0.870 bits per heavy atom. The van der Waals surface area contributed by atoms with E-state index in [0.717, 1.165) is 75.7 Å². The molecule has 0 aliphatic carbocycles. The van der Waals surface area contributed by atoms with Crippen molar-refractivity contribution in [2.45, 2.75) is 63.2 Å². The van der Waals surface area contributed by atoms with E-state index in [1.165, 1.54) is 35.5 Å². The summed E-state index contributed by atoms with van der Waals surface area (Å²) in [5, 5.41) is 3.02. The van der Waals surface area contributed by atoms with Crippen LogP contribution in [0.15, 0.2) is 132 Å². The second-order valence-electron chi connectivity index (χ2n) is 19.2. The quantitative estimate of drug-likeness (QED) is 0.0768. The molecule has 0 atom stereocenters. The Bertz CT molecular complexity index is 3060. The van der Waals surface area contributed by atoms with Crippen LogP contribution in [0, 0.1) is 27.7 Å². The molecule has 16 nitrogen and oxygen atoms in total. The minimum absolute atomic E-state index is 0.00828. The lowest BCUT2D eigenvalue weighted by Crippen LogP contribution is -2.46. The number of nitrogens with one attached hydrogen (secondary N) is 1. The summed E-state index contributed by atoms with van der Waals surface area (Å²) < 4.78 is 60.3. The maximum absolute atomic E-state index is 13.2. The third-order valence-corrected chi connectivity index (χ3v) is 17.4. The van der Waals surface area contributed by atoms with Gasteiger partial charge in [-0.1, -0.05) is 24.3 Å². The van der Waals surface area contributed by atoms with Crippen LogP contribution in [-0.2, 0) is 41.5 Å². The average Bonchev–Trinajstić information content (AvgIpc) is 3.42. The molecule has 4 aromatic carbocycles. The Hall–Kier alpha value is -6.57. The summed E-state index contributed by atoms with van der Waals surface area (Å²) >= 11 is 0. The van der Waals surface area contributed by atoms with Gasteiger partial charge in [-0.15, -0.1) is 0 Å². The van der Waals surface area contributed by atoms with Crippen molar-refractivity contribution in [2.24, 2.45) is 0 Å². The summed E-state index contributed by atoms with van der Waals surface area (Å²) in [6, 6.07) is 31.5. The lowest BCUT2D eigenvalue weighted by Gasteiger charge is -2.37. The first-order valence-corrected chi connectivity index (χ1v) is 29.4. The minimum Gasteiger partial charge on any atom is -0.497 e. The molecule has 2 saturated heterocycles. The number of ether oxygens (including phenoxy) is 2. The molecule has 77 heavy (non-hydrogen) atoms. The second kappa shape index (κ2) is 28.2. The van der Waals surface area contributed by atoms with Crippen molar-refractivity contribution in [2.75, 3.05) is 113 Å². The van der Waals surface area contributed by atoms with Crippen molar-refractivity contribution in [1.29, 1.82) is 0 Å². The first-order chi connectivity index (χ1) is 36.8. The molecule has 19 heteroatoms. The number of halogens is 1. The van der Waals surface area contributed by atoms with Crippen LogP contribution in [0.2, 0.25) is 0 Å². The van der Waals surface area contributed by atoms with E-state index in [2.05, 4.69) is 83.4 Å². The van der Waals surface area contributed by atoms with Gasteiger partial charge < -0.3 is 34.4 Å². The van der Waals surface area contributed by atoms with Gasteiger partial charge in [0.25, 0.3) is 9.05 Å². The number of hydrogen-bond donors (Lipinski definition) is 1. The zero-order chi connectivity index (χ0) is 55.7. The number of carbonyl (C=O) groups is 2. The number of rotatable bonds is 19. The van der Waals surface area contributed by atoms with Crippen molar-refractivity contribution >= 4 is 64.1 Å². The molecule has 2 fully saturated rings. The smallest absolute Gasteiger partial charge is 0.261 e. The first-order valence-electron chi connectivity index (χ1n) is 25.7. The average molecular weight is 1110 g/mol. The Morgan fingerprint density at radius 3 is 1.19 bits per heavy atom. The van der Waals surface area contributed by atoms with Crippen LogP contribution in [0.5, 0.6) is 11.5 Å². The fourth-order valence-electron chi connectivity index (χ4n) is 9.51. The largest absolute Gasteiger partial charge is 0.497 e. The molecule has 2 aromatic heterocycles. The SMILES string of the molecule is CNCCC(=O)Cc1ccc(N2CCN(c3ccncc3)CC2)cc1.COc1cc(C)c(S(=O)(=O)Cl)c(C)c1.COc1cc(C)c(S(=O)(=O)N(C)CCC(=O)Cc2ccc(N3CCN(c4ccncc4)CC3)cc2)c(C)c1. The highest BCUT2D eigenvalue weighted by atomic mass is 35.7. The van der Waals surface area contributed by atoms with Crippen LogP contribution in [-0.4, -0.2) is 136 Å². The number of aromatic nitrogens is 2. The highest BCUT2D eigenvalue weighted by Crippen LogP contribution is 2.30. The molecule has 1 N–H and O–H groups in total. The Morgan fingerprint density at radius 1 is 0.545 bits per heavy atom. The van der Waals surface area contributed by atoms with Crippen LogP contribution in [0.25, 0.3) is 0 Å². The molecule has 412 valence electrons. The number of benzene rings is 4. The summed E-state index contributed by atoms with van der Waals surface area (Å²) in [6.07, 6.45) is 8.89. The number of piperazine rings is 2. The Balaban J connectivity index is 0.000000210. The van der Waals surface area contributed by atoms with Crippen LogP contribution in [0.1, 0.15) is 46.2 Å². The topological polar surface area (TPSA) is 175 Å². The van der Waals surface area contributed by atoms with Gasteiger partial charge in [0.15, 0.2) is 0 Å². The van der Waals surface area contributed by atoms with Crippen molar-refractivity contribution in [3.63, 3.8) is 0 Å². The maximum Gasteiger partial charge on any atom is 0.261 e. The molecule has 4 heterocycles. The van der Waals surface area contributed by atoms with E-state index in [0.29, 0.717) is 46.6 Å². The van der Waals surface area contributed by atoms with Gasteiger partial charge in [-0.3, -0.25) is 19.6 Å². The van der Waals surface area contributed by atoms with E-state index in [1.54, 1.807) is 59.1 Å². The van der Waals surface area contributed by atoms with Crippen molar-refractivity contribution in [3.05, 3.63) is 155 Å². The van der Waals surface area contributed by atoms with Gasteiger partial charge in [-0.2, -0.15) is 0 Å². The zero-order valence-corrected chi connectivity index (χ0v) is 47.9. The molecular formula is C58H73ClN8O8S2. The van der Waals surface area contributed by atoms with E-state index in [-0.39, 0.29) is 40.7 Å². The number of nitrogens with zero attached hydrogens (tertiary/aromatic N) is 7. The van der Waals surface area contributed by atoms with E-state index in [1.807, 2.05) is 56.1 Å². The number of aryl methyl sites for hydroxylation is 4. The second-order valence-corrected chi connectivity index (χ2v) is 23.7. The summed E-state index contributed by atoms with van der Waals surface area (Å²) in [5.41, 5.74) is 9.28. The predicted octanol–water partition coefficient (Wildman–Crippen LogP) is 8.22. The fourth-order valence-corrected chi connectivity index (χ4v) is 12.7. The Kier molecular flexibility index (Phi) is 21.8. The monoisotopic (exact) mass is 1110 g/mol. The molecule has 0 spiro atoms. The molecule has 0 unspecified atom stereocenters. The van der Waals surface area contributed by atoms with E-state index >= 15 is 0 Å². The number of Topliss-reactive ketones (excluding diaryl/α,β-unsaturated/α-hetero) is 2. The summed E-state index contributed by atoms with van der Waals surface area (Å²) in [6.45, 7) is 15.5. The third kappa shape index (κ3) is 17.0. The third-order valence-electron chi connectivity index (χ3n) is 13.6. The van der Waals surface area contributed by atoms with Gasteiger partial charge in [0.2, 0.25) is 10.0 Å². The van der Waals surface area contributed by atoms with E-state index < -0.39 is 19.1 Å². The lowest BCUT2D eigenvalue weighted by atomic mass is 10.1.